The lowest BCUT2D eigenvalue weighted by molar-refractivity contribution is 0.405. The first-order chi connectivity index (χ1) is 10.9. The zero-order chi connectivity index (χ0) is 16.8. The van der Waals surface area contributed by atoms with Gasteiger partial charge in [-0.05, 0) is 46.1 Å². The van der Waals surface area contributed by atoms with Crippen molar-refractivity contribution >= 4 is 17.5 Å². The molecule has 0 aliphatic carbocycles. The topological polar surface area (TPSA) is 53.1 Å². The number of aryl methyl sites for hydroxylation is 1. The number of anilines is 3. The molecule has 0 atom stereocenters. The Morgan fingerprint density at radius 1 is 1.13 bits per heavy atom. The third-order valence-corrected chi connectivity index (χ3v) is 3.11. The lowest BCUT2D eigenvalue weighted by atomic mass is 10.3. The fourth-order valence-corrected chi connectivity index (χ4v) is 2.04. The van der Waals surface area contributed by atoms with Crippen LogP contribution in [0.1, 0.15) is 12.1 Å². The molecule has 7 heteroatoms. The second kappa shape index (κ2) is 7.82. The van der Waals surface area contributed by atoms with Gasteiger partial charge in [-0.3, -0.25) is 0 Å². The van der Waals surface area contributed by atoms with Gasteiger partial charge >= 0.3 is 0 Å². The van der Waals surface area contributed by atoms with Crippen molar-refractivity contribution < 1.29 is 8.78 Å². The first kappa shape index (κ1) is 17.1. The molecule has 0 saturated heterocycles. The molecule has 0 aliphatic rings. The predicted octanol–water partition coefficient (Wildman–Crippen LogP) is 3.17. The van der Waals surface area contributed by atoms with Crippen LogP contribution in [-0.2, 0) is 0 Å². The smallest absolute Gasteiger partial charge is 0.224 e. The summed E-state index contributed by atoms with van der Waals surface area (Å²) in [6.07, 6.45) is 0.958. The van der Waals surface area contributed by atoms with Gasteiger partial charge in [0.25, 0.3) is 0 Å². The Labute approximate surface area is 134 Å². The van der Waals surface area contributed by atoms with Gasteiger partial charge in [0.2, 0.25) is 5.95 Å². The Balaban J connectivity index is 2.04. The molecule has 2 rings (SSSR count). The van der Waals surface area contributed by atoms with Crippen LogP contribution in [0.25, 0.3) is 0 Å². The van der Waals surface area contributed by atoms with Gasteiger partial charge in [-0.15, -0.1) is 0 Å². The van der Waals surface area contributed by atoms with E-state index in [4.69, 9.17) is 0 Å². The van der Waals surface area contributed by atoms with Crippen LogP contribution in [0.4, 0.5) is 26.2 Å². The molecule has 0 saturated carbocycles. The van der Waals surface area contributed by atoms with Crippen molar-refractivity contribution in [3.63, 3.8) is 0 Å². The number of nitrogens with zero attached hydrogens (tertiary/aromatic N) is 3. The number of hydrogen-bond acceptors (Lipinski definition) is 5. The molecule has 0 unspecified atom stereocenters. The van der Waals surface area contributed by atoms with E-state index in [9.17, 15) is 8.78 Å². The maximum Gasteiger partial charge on any atom is 0.224 e. The average Bonchev–Trinajstić information content (AvgIpc) is 2.46. The monoisotopic (exact) mass is 321 g/mol. The summed E-state index contributed by atoms with van der Waals surface area (Å²) >= 11 is 0. The van der Waals surface area contributed by atoms with Crippen molar-refractivity contribution in [2.24, 2.45) is 0 Å². The second-order valence-electron chi connectivity index (χ2n) is 5.55. The van der Waals surface area contributed by atoms with Gasteiger partial charge in [0.1, 0.15) is 17.5 Å². The van der Waals surface area contributed by atoms with E-state index in [1.165, 1.54) is 12.1 Å². The number of aromatic nitrogens is 2. The van der Waals surface area contributed by atoms with Crippen molar-refractivity contribution in [1.29, 1.82) is 0 Å². The van der Waals surface area contributed by atoms with E-state index in [1.54, 1.807) is 6.07 Å². The summed E-state index contributed by atoms with van der Waals surface area (Å²) in [6, 6.07) is 5.07. The first-order valence-corrected chi connectivity index (χ1v) is 7.40. The fraction of sp³-hybridized carbons (Fsp3) is 0.375. The van der Waals surface area contributed by atoms with E-state index < -0.39 is 11.6 Å². The molecule has 23 heavy (non-hydrogen) atoms. The zero-order valence-corrected chi connectivity index (χ0v) is 13.5. The molecule has 0 spiro atoms. The second-order valence-corrected chi connectivity index (χ2v) is 5.55. The quantitative estimate of drug-likeness (QED) is 0.767. The van der Waals surface area contributed by atoms with Crippen molar-refractivity contribution in [3.8, 4) is 0 Å². The van der Waals surface area contributed by atoms with E-state index in [0.29, 0.717) is 11.8 Å². The molecular formula is C16H21F2N5. The van der Waals surface area contributed by atoms with Gasteiger partial charge in [0, 0.05) is 24.4 Å². The number of halogens is 2. The van der Waals surface area contributed by atoms with E-state index in [-0.39, 0.29) is 5.69 Å². The molecule has 2 N–H and O–H groups in total. The molecule has 0 bridgehead atoms. The average molecular weight is 321 g/mol. The van der Waals surface area contributed by atoms with Crippen LogP contribution in [0.5, 0.6) is 0 Å². The van der Waals surface area contributed by atoms with Gasteiger partial charge in [-0.2, -0.15) is 4.98 Å². The number of hydrogen-bond donors (Lipinski definition) is 2. The standard InChI is InChI=1S/C16H21F2N5/c1-11-9-15(21-14-6-5-12(17)10-13(14)18)22-16(20-11)19-7-4-8-23(2)3/h5-6,9-10H,4,7-8H2,1-3H3,(H2,19,20,21,22). The summed E-state index contributed by atoms with van der Waals surface area (Å²) in [5, 5.41) is 6.00. The Bertz CT molecular complexity index is 661. The summed E-state index contributed by atoms with van der Waals surface area (Å²) in [6.45, 7) is 3.54. The van der Waals surface area contributed by atoms with Crippen LogP contribution >= 0.6 is 0 Å². The third kappa shape index (κ3) is 5.45. The molecular weight excluding hydrogens is 300 g/mol. The van der Waals surface area contributed by atoms with Crippen LogP contribution in [0.15, 0.2) is 24.3 Å². The number of rotatable bonds is 7. The van der Waals surface area contributed by atoms with Crippen LogP contribution in [-0.4, -0.2) is 42.1 Å². The van der Waals surface area contributed by atoms with Crippen molar-refractivity contribution in [1.82, 2.24) is 14.9 Å². The normalized spacial score (nSPS) is 10.9. The SMILES string of the molecule is Cc1cc(Nc2ccc(F)cc2F)nc(NCCCN(C)C)n1. The minimum Gasteiger partial charge on any atom is -0.354 e. The van der Waals surface area contributed by atoms with E-state index in [1.807, 2.05) is 21.0 Å². The van der Waals surface area contributed by atoms with E-state index >= 15 is 0 Å². The highest BCUT2D eigenvalue weighted by Gasteiger charge is 2.07. The number of benzene rings is 1. The molecule has 1 aromatic carbocycles. The lowest BCUT2D eigenvalue weighted by Crippen LogP contribution is -2.17. The van der Waals surface area contributed by atoms with Crippen LogP contribution < -0.4 is 10.6 Å². The first-order valence-electron chi connectivity index (χ1n) is 7.40. The lowest BCUT2D eigenvalue weighted by Gasteiger charge is -2.12. The van der Waals surface area contributed by atoms with Gasteiger partial charge in [-0.1, -0.05) is 0 Å². The highest BCUT2D eigenvalue weighted by Crippen LogP contribution is 2.20. The van der Waals surface area contributed by atoms with Crippen molar-refractivity contribution in [2.75, 3.05) is 37.8 Å². The summed E-state index contributed by atoms with van der Waals surface area (Å²) in [7, 11) is 4.03. The Kier molecular flexibility index (Phi) is 5.81. The molecule has 1 heterocycles. The molecule has 2 aromatic rings. The molecule has 1 aromatic heterocycles. The molecule has 124 valence electrons. The molecule has 0 amide bonds. The Morgan fingerprint density at radius 3 is 2.61 bits per heavy atom. The minimum absolute atomic E-state index is 0.169. The van der Waals surface area contributed by atoms with Crippen molar-refractivity contribution in [3.05, 3.63) is 41.6 Å². The minimum atomic E-state index is -0.665. The van der Waals surface area contributed by atoms with Gasteiger partial charge in [0.15, 0.2) is 0 Å². The summed E-state index contributed by atoms with van der Waals surface area (Å²) in [5.74, 6) is -0.344. The maximum absolute atomic E-state index is 13.7. The van der Waals surface area contributed by atoms with Crippen LogP contribution in [0.3, 0.4) is 0 Å². The molecule has 5 nitrogen and oxygen atoms in total. The highest BCUT2D eigenvalue weighted by molar-refractivity contribution is 5.58. The van der Waals surface area contributed by atoms with E-state index in [0.717, 1.165) is 31.3 Å². The van der Waals surface area contributed by atoms with Gasteiger partial charge < -0.3 is 15.5 Å². The Hall–Kier alpha value is -2.28. The van der Waals surface area contributed by atoms with E-state index in [2.05, 4.69) is 25.5 Å². The highest BCUT2D eigenvalue weighted by atomic mass is 19.1. The fourth-order valence-electron chi connectivity index (χ4n) is 2.04. The van der Waals surface area contributed by atoms with Gasteiger partial charge in [0.05, 0.1) is 5.69 Å². The third-order valence-electron chi connectivity index (χ3n) is 3.11. The largest absolute Gasteiger partial charge is 0.354 e. The van der Waals surface area contributed by atoms with Crippen LogP contribution in [0, 0.1) is 18.6 Å². The Morgan fingerprint density at radius 2 is 1.91 bits per heavy atom. The summed E-state index contributed by atoms with van der Waals surface area (Å²) in [5.41, 5.74) is 0.920. The van der Waals surface area contributed by atoms with Gasteiger partial charge in [-0.25, -0.2) is 13.8 Å². The zero-order valence-electron chi connectivity index (χ0n) is 13.5. The molecule has 0 fully saturated rings. The predicted molar refractivity (Wildman–Crippen MR) is 88.1 cm³/mol. The molecule has 0 aliphatic heterocycles. The summed E-state index contributed by atoms with van der Waals surface area (Å²) in [4.78, 5) is 10.7. The van der Waals surface area contributed by atoms with Crippen molar-refractivity contribution in [2.45, 2.75) is 13.3 Å². The summed E-state index contributed by atoms with van der Waals surface area (Å²) < 4.78 is 26.6. The van der Waals surface area contributed by atoms with Crippen LogP contribution in [0.2, 0.25) is 0 Å². The molecule has 0 radical (unpaired) electrons. The maximum atomic E-state index is 13.7. The number of nitrogens with one attached hydrogen (secondary N) is 2.